The SMILES string of the molecule is c1ccc(-c2nc(-c3cccc4cc(-c5cccc6sc7ccccc7c56)ccc34)nc(-c3cccc4oc5ccccc5c34)n2)cc1. The molecule has 0 radical (unpaired) electrons. The maximum absolute atomic E-state index is 6.22. The smallest absolute Gasteiger partial charge is 0.164 e. The molecule has 0 fully saturated rings. The first-order chi connectivity index (χ1) is 23.8. The molecule has 5 heteroatoms. The van der Waals surface area contributed by atoms with Crippen molar-refractivity contribution in [3.8, 4) is 45.3 Å². The van der Waals surface area contributed by atoms with Gasteiger partial charge in [-0.1, -0.05) is 121 Å². The number of hydrogen-bond acceptors (Lipinski definition) is 5. The Labute approximate surface area is 279 Å². The van der Waals surface area contributed by atoms with Crippen LogP contribution in [-0.2, 0) is 0 Å². The molecule has 0 spiro atoms. The maximum atomic E-state index is 6.22. The van der Waals surface area contributed by atoms with Crippen LogP contribution in [0.3, 0.4) is 0 Å². The molecule has 0 aliphatic rings. The number of fused-ring (bicyclic) bond motifs is 7. The van der Waals surface area contributed by atoms with Crippen LogP contribution in [0.4, 0.5) is 0 Å². The van der Waals surface area contributed by atoms with Crippen LogP contribution < -0.4 is 0 Å². The number of benzene rings is 7. The van der Waals surface area contributed by atoms with Crippen molar-refractivity contribution in [2.24, 2.45) is 0 Å². The lowest BCUT2D eigenvalue weighted by molar-refractivity contribution is 0.669. The number of hydrogen-bond donors (Lipinski definition) is 0. The van der Waals surface area contributed by atoms with E-state index in [1.165, 1.54) is 31.3 Å². The van der Waals surface area contributed by atoms with Gasteiger partial charge in [0, 0.05) is 47.6 Å². The summed E-state index contributed by atoms with van der Waals surface area (Å²) < 4.78 is 8.83. The number of para-hydroxylation sites is 1. The molecule has 0 N–H and O–H groups in total. The Hall–Kier alpha value is -6.17. The third-order valence-electron chi connectivity index (χ3n) is 9.15. The van der Waals surface area contributed by atoms with Gasteiger partial charge >= 0.3 is 0 Å². The summed E-state index contributed by atoms with van der Waals surface area (Å²) in [5, 5.41) is 6.87. The molecular weight excluding hydrogens is 607 g/mol. The van der Waals surface area contributed by atoms with Crippen LogP contribution >= 0.6 is 11.3 Å². The summed E-state index contributed by atoms with van der Waals surface area (Å²) in [6, 6.07) is 52.7. The molecule has 0 saturated heterocycles. The van der Waals surface area contributed by atoms with Crippen LogP contribution in [0.15, 0.2) is 156 Å². The molecule has 0 bridgehead atoms. The van der Waals surface area contributed by atoms with Crippen LogP contribution in [0.1, 0.15) is 0 Å². The molecule has 0 aliphatic heterocycles. The van der Waals surface area contributed by atoms with Crippen molar-refractivity contribution in [1.82, 2.24) is 15.0 Å². The topological polar surface area (TPSA) is 51.8 Å². The highest BCUT2D eigenvalue weighted by Gasteiger charge is 2.19. The quantitative estimate of drug-likeness (QED) is 0.194. The van der Waals surface area contributed by atoms with Gasteiger partial charge in [-0.25, -0.2) is 15.0 Å². The first-order valence-corrected chi connectivity index (χ1v) is 16.8. The predicted molar refractivity (Wildman–Crippen MR) is 199 cm³/mol. The largest absolute Gasteiger partial charge is 0.456 e. The second kappa shape index (κ2) is 10.7. The maximum Gasteiger partial charge on any atom is 0.164 e. The molecular formula is C43H25N3OS. The summed E-state index contributed by atoms with van der Waals surface area (Å²) in [4.78, 5) is 15.3. The molecule has 3 heterocycles. The van der Waals surface area contributed by atoms with Crippen molar-refractivity contribution < 1.29 is 4.42 Å². The molecule has 7 aromatic carbocycles. The Balaban J connectivity index is 1.18. The van der Waals surface area contributed by atoms with Gasteiger partial charge in [0.15, 0.2) is 17.5 Å². The van der Waals surface area contributed by atoms with Gasteiger partial charge in [-0.3, -0.25) is 0 Å². The number of nitrogens with zero attached hydrogens (tertiary/aromatic N) is 3. The van der Waals surface area contributed by atoms with Gasteiger partial charge < -0.3 is 4.42 Å². The van der Waals surface area contributed by atoms with E-state index < -0.39 is 0 Å². The molecule has 10 aromatic rings. The van der Waals surface area contributed by atoms with E-state index in [1.54, 1.807) is 0 Å². The van der Waals surface area contributed by atoms with Crippen molar-refractivity contribution >= 4 is 64.2 Å². The zero-order valence-electron chi connectivity index (χ0n) is 25.6. The van der Waals surface area contributed by atoms with Crippen LogP contribution in [0.25, 0.3) is 98.2 Å². The van der Waals surface area contributed by atoms with Crippen molar-refractivity contribution in [1.29, 1.82) is 0 Å². The fourth-order valence-electron chi connectivity index (χ4n) is 6.96. The minimum Gasteiger partial charge on any atom is -0.456 e. The van der Waals surface area contributed by atoms with E-state index in [-0.39, 0.29) is 0 Å². The van der Waals surface area contributed by atoms with Crippen LogP contribution in [0.5, 0.6) is 0 Å². The normalized spacial score (nSPS) is 11.8. The van der Waals surface area contributed by atoms with Gasteiger partial charge in [0.2, 0.25) is 0 Å². The Morgan fingerprint density at radius 2 is 1.06 bits per heavy atom. The van der Waals surface area contributed by atoms with Crippen LogP contribution in [0, 0.1) is 0 Å². The van der Waals surface area contributed by atoms with Gasteiger partial charge in [0.05, 0.1) is 0 Å². The zero-order valence-corrected chi connectivity index (χ0v) is 26.4. The summed E-state index contributed by atoms with van der Waals surface area (Å²) in [5.74, 6) is 1.87. The minimum atomic E-state index is 0.612. The third kappa shape index (κ3) is 4.25. The molecule has 0 amide bonds. The highest BCUT2D eigenvalue weighted by Crippen LogP contribution is 2.41. The van der Waals surface area contributed by atoms with E-state index in [2.05, 4.69) is 91.0 Å². The Morgan fingerprint density at radius 3 is 1.98 bits per heavy atom. The Kier molecular flexibility index (Phi) is 6.01. The van der Waals surface area contributed by atoms with E-state index in [0.717, 1.165) is 49.4 Å². The number of rotatable bonds is 4. The monoisotopic (exact) mass is 631 g/mol. The summed E-state index contributed by atoms with van der Waals surface area (Å²) in [7, 11) is 0. The Morgan fingerprint density at radius 1 is 0.396 bits per heavy atom. The zero-order chi connectivity index (χ0) is 31.6. The van der Waals surface area contributed by atoms with Crippen molar-refractivity contribution in [3.63, 3.8) is 0 Å². The minimum absolute atomic E-state index is 0.612. The number of furan rings is 1. The van der Waals surface area contributed by atoms with Crippen molar-refractivity contribution in [3.05, 3.63) is 152 Å². The van der Waals surface area contributed by atoms with Crippen LogP contribution in [-0.4, -0.2) is 15.0 Å². The summed E-state index contributed by atoms with van der Waals surface area (Å²) >= 11 is 1.85. The average molecular weight is 632 g/mol. The summed E-state index contributed by atoms with van der Waals surface area (Å²) in [5.41, 5.74) is 6.89. The molecule has 0 saturated carbocycles. The molecule has 48 heavy (non-hydrogen) atoms. The van der Waals surface area contributed by atoms with Gasteiger partial charge in [-0.05, 0) is 52.2 Å². The fraction of sp³-hybridized carbons (Fsp3) is 0. The standard InChI is InChI=1S/C43H25N3OS/c1-2-11-26(12-3-1)41-44-42(46-43(45-41)34-18-9-20-36-39(34)32-14-4-6-19-35(32)47-36)31-17-8-13-27-25-28(23-24-29(27)31)30-16-10-22-38-40(30)33-15-5-7-21-37(33)48-38/h1-25H. The van der Waals surface area contributed by atoms with Crippen molar-refractivity contribution in [2.75, 3.05) is 0 Å². The summed E-state index contributed by atoms with van der Waals surface area (Å²) in [6.07, 6.45) is 0. The van der Waals surface area contributed by atoms with E-state index in [4.69, 9.17) is 19.4 Å². The average Bonchev–Trinajstić information content (AvgIpc) is 3.73. The lowest BCUT2D eigenvalue weighted by atomic mass is 9.95. The summed E-state index contributed by atoms with van der Waals surface area (Å²) in [6.45, 7) is 0. The lowest BCUT2D eigenvalue weighted by Gasteiger charge is -2.12. The van der Waals surface area contributed by atoms with Crippen molar-refractivity contribution in [2.45, 2.75) is 0 Å². The number of thiophene rings is 1. The highest BCUT2D eigenvalue weighted by molar-refractivity contribution is 7.25. The molecule has 224 valence electrons. The van der Waals surface area contributed by atoms with Gasteiger partial charge in [-0.2, -0.15) is 0 Å². The van der Waals surface area contributed by atoms with E-state index >= 15 is 0 Å². The highest BCUT2D eigenvalue weighted by atomic mass is 32.1. The lowest BCUT2D eigenvalue weighted by Crippen LogP contribution is -2.00. The third-order valence-corrected chi connectivity index (χ3v) is 10.3. The molecule has 0 atom stereocenters. The fourth-order valence-corrected chi connectivity index (χ4v) is 8.09. The second-order valence-electron chi connectivity index (χ2n) is 12.0. The first kappa shape index (κ1) is 27.0. The molecule has 0 aliphatic carbocycles. The van der Waals surface area contributed by atoms with Gasteiger partial charge in [0.25, 0.3) is 0 Å². The first-order valence-electron chi connectivity index (χ1n) is 15.9. The molecule has 3 aromatic heterocycles. The van der Waals surface area contributed by atoms with E-state index in [1.807, 2.05) is 72.0 Å². The Bertz CT molecular complexity index is 2850. The van der Waals surface area contributed by atoms with E-state index in [9.17, 15) is 0 Å². The van der Waals surface area contributed by atoms with Gasteiger partial charge in [0.1, 0.15) is 11.2 Å². The predicted octanol–water partition coefficient (Wildman–Crippen LogP) is 12.0. The van der Waals surface area contributed by atoms with E-state index in [0.29, 0.717) is 17.5 Å². The van der Waals surface area contributed by atoms with Gasteiger partial charge in [-0.15, -0.1) is 11.3 Å². The second-order valence-corrected chi connectivity index (χ2v) is 13.1. The molecule has 0 unspecified atom stereocenters. The van der Waals surface area contributed by atoms with Crippen LogP contribution in [0.2, 0.25) is 0 Å². The molecule has 4 nitrogen and oxygen atoms in total. The number of aromatic nitrogens is 3. The molecule has 10 rings (SSSR count).